The summed E-state index contributed by atoms with van der Waals surface area (Å²) >= 11 is 0. The number of anilines is 3. The zero-order chi connectivity index (χ0) is 22.8. The molecule has 0 amide bonds. The molecule has 0 bridgehead atoms. The summed E-state index contributed by atoms with van der Waals surface area (Å²) in [5.74, 6) is 1.55. The third kappa shape index (κ3) is 5.02. The highest BCUT2D eigenvalue weighted by Crippen LogP contribution is 2.27. The van der Waals surface area contributed by atoms with E-state index in [0.717, 1.165) is 51.3 Å². The first-order valence-electron chi connectivity index (χ1n) is 11.4. The second kappa shape index (κ2) is 9.11. The summed E-state index contributed by atoms with van der Waals surface area (Å²) in [6, 6.07) is 18.1. The van der Waals surface area contributed by atoms with Gasteiger partial charge in [-0.1, -0.05) is 30.3 Å². The molecule has 3 heterocycles. The summed E-state index contributed by atoms with van der Waals surface area (Å²) in [7, 11) is -3.26. The molecule has 2 aliphatic rings. The zero-order valence-electron chi connectivity index (χ0n) is 18.8. The molecule has 0 radical (unpaired) electrons. The molecule has 3 aromatic rings. The maximum Gasteiger partial charge on any atom is 0.175 e. The average molecular weight is 464 g/mol. The number of sulfone groups is 1. The minimum Gasteiger partial charge on any atom is -0.356 e. The largest absolute Gasteiger partial charge is 0.356 e. The van der Waals surface area contributed by atoms with Gasteiger partial charge in [0, 0.05) is 50.2 Å². The monoisotopic (exact) mass is 463 g/mol. The minimum atomic E-state index is -3.26. The van der Waals surface area contributed by atoms with Gasteiger partial charge in [0.15, 0.2) is 9.84 Å². The van der Waals surface area contributed by atoms with Crippen LogP contribution in [0.4, 0.5) is 17.3 Å². The summed E-state index contributed by atoms with van der Waals surface area (Å²) < 4.78 is 23.7. The van der Waals surface area contributed by atoms with Crippen LogP contribution < -0.4 is 10.2 Å². The highest BCUT2D eigenvalue weighted by molar-refractivity contribution is 7.90. The van der Waals surface area contributed by atoms with E-state index in [-0.39, 0.29) is 4.90 Å². The molecule has 2 aliphatic heterocycles. The second-order valence-corrected chi connectivity index (χ2v) is 10.9. The molecule has 0 saturated carbocycles. The first-order valence-corrected chi connectivity index (χ1v) is 13.3. The first kappa shape index (κ1) is 21.9. The van der Waals surface area contributed by atoms with Crippen LogP contribution in [0.25, 0.3) is 0 Å². The highest BCUT2D eigenvalue weighted by atomic mass is 32.2. The SMILES string of the molecule is CS(=O)(=O)c1cccc(Nc2cc(N3CCC(N4CCc5ccccc5C4)CC3)ncn2)c1. The lowest BCUT2D eigenvalue weighted by Gasteiger charge is -2.41. The average Bonchev–Trinajstić information content (AvgIpc) is 2.84. The predicted molar refractivity (Wildman–Crippen MR) is 131 cm³/mol. The molecule has 7 nitrogen and oxygen atoms in total. The van der Waals surface area contributed by atoms with Crippen molar-refractivity contribution in [3.8, 4) is 0 Å². The zero-order valence-corrected chi connectivity index (χ0v) is 19.6. The molecule has 0 atom stereocenters. The van der Waals surface area contributed by atoms with Crippen LogP contribution in [0, 0.1) is 0 Å². The van der Waals surface area contributed by atoms with E-state index in [1.54, 1.807) is 24.5 Å². The first-order chi connectivity index (χ1) is 16.0. The molecule has 0 spiro atoms. The van der Waals surface area contributed by atoms with E-state index in [9.17, 15) is 8.42 Å². The lowest BCUT2D eigenvalue weighted by Crippen LogP contribution is -2.46. The van der Waals surface area contributed by atoms with Crippen LogP contribution in [0.1, 0.15) is 24.0 Å². The fourth-order valence-corrected chi connectivity index (χ4v) is 5.50. The standard InChI is InChI=1S/C25H29N5O2S/c1-33(31,32)23-8-4-7-21(15-23)28-24-16-25(27-18-26-24)29-13-10-22(11-14-29)30-12-9-19-5-2-3-6-20(19)17-30/h2-8,15-16,18,22H,9-14,17H2,1H3,(H,26,27,28). The Hall–Kier alpha value is -2.97. The molecule has 1 N–H and O–H groups in total. The van der Waals surface area contributed by atoms with Crippen molar-refractivity contribution in [2.75, 3.05) is 36.1 Å². The number of hydrogen-bond donors (Lipinski definition) is 1. The van der Waals surface area contributed by atoms with E-state index < -0.39 is 9.84 Å². The van der Waals surface area contributed by atoms with Gasteiger partial charge in [0.05, 0.1) is 4.90 Å². The summed E-state index contributed by atoms with van der Waals surface area (Å²) in [6.45, 7) is 4.11. The van der Waals surface area contributed by atoms with Gasteiger partial charge in [-0.15, -0.1) is 0 Å². The topological polar surface area (TPSA) is 78.4 Å². The highest BCUT2D eigenvalue weighted by Gasteiger charge is 2.27. The fourth-order valence-electron chi connectivity index (χ4n) is 4.83. The molecule has 0 aliphatic carbocycles. The Morgan fingerprint density at radius 2 is 1.73 bits per heavy atom. The molecule has 2 aromatic carbocycles. The van der Waals surface area contributed by atoms with Gasteiger partial charge in [-0.25, -0.2) is 18.4 Å². The number of hydrogen-bond acceptors (Lipinski definition) is 7. The van der Waals surface area contributed by atoms with E-state index in [4.69, 9.17) is 0 Å². The number of aromatic nitrogens is 2. The molecule has 5 rings (SSSR count). The third-order valence-electron chi connectivity index (χ3n) is 6.65. The van der Waals surface area contributed by atoms with Gasteiger partial charge in [-0.05, 0) is 48.6 Å². The van der Waals surface area contributed by atoms with Crippen molar-refractivity contribution < 1.29 is 8.42 Å². The molecular formula is C25H29N5O2S. The summed E-state index contributed by atoms with van der Waals surface area (Å²) in [5.41, 5.74) is 3.65. The Kier molecular flexibility index (Phi) is 6.03. The van der Waals surface area contributed by atoms with Crippen LogP contribution in [-0.2, 0) is 22.8 Å². The van der Waals surface area contributed by atoms with Gasteiger partial charge in [-0.2, -0.15) is 0 Å². The Morgan fingerprint density at radius 3 is 2.52 bits per heavy atom. The smallest absolute Gasteiger partial charge is 0.175 e. The summed E-state index contributed by atoms with van der Waals surface area (Å²) in [5, 5.41) is 3.22. The summed E-state index contributed by atoms with van der Waals surface area (Å²) in [4.78, 5) is 14.1. The lowest BCUT2D eigenvalue weighted by molar-refractivity contribution is 0.153. The maximum atomic E-state index is 11.8. The number of nitrogens with zero attached hydrogens (tertiary/aromatic N) is 4. The van der Waals surface area contributed by atoms with Crippen molar-refractivity contribution in [1.82, 2.24) is 14.9 Å². The Bertz CT molecular complexity index is 1240. The van der Waals surface area contributed by atoms with Gasteiger partial charge in [0.2, 0.25) is 0 Å². The van der Waals surface area contributed by atoms with Gasteiger partial charge in [0.1, 0.15) is 18.0 Å². The molecule has 8 heteroatoms. The molecule has 0 unspecified atom stereocenters. The number of nitrogens with one attached hydrogen (secondary N) is 1. The Labute approximate surface area is 195 Å². The normalized spacial score (nSPS) is 17.5. The fraction of sp³-hybridized carbons (Fsp3) is 0.360. The van der Waals surface area contributed by atoms with Crippen LogP contribution >= 0.6 is 0 Å². The second-order valence-electron chi connectivity index (χ2n) is 8.89. The Balaban J connectivity index is 1.22. The molecule has 1 aromatic heterocycles. The lowest BCUT2D eigenvalue weighted by atomic mass is 9.95. The van der Waals surface area contributed by atoms with E-state index >= 15 is 0 Å². The molecule has 33 heavy (non-hydrogen) atoms. The van der Waals surface area contributed by atoms with Crippen molar-refractivity contribution in [1.29, 1.82) is 0 Å². The van der Waals surface area contributed by atoms with E-state index in [1.165, 1.54) is 17.4 Å². The Morgan fingerprint density at radius 1 is 0.939 bits per heavy atom. The van der Waals surface area contributed by atoms with Crippen LogP contribution in [0.15, 0.2) is 65.8 Å². The predicted octanol–water partition coefficient (Wildman–Crippen LogP) is 3.65. The van der Waals surface area contributed by atoms with Crippen LogP contribution in [0.3, 0.4) is 0 Å². The third-order valence-corrected chi connectivity index (χ3v) is 7.76. The van der Waals surface area contributed by atoms with Crippen molar-refractivity contribution in [2.24, 2.45) is 0 Å². The quantitative estimate of drug-likeness (QED) is 0.619. The molecular weight excluding hydrogens is 434 g/mol. The van der Waals surface area contributed by atoms with Gasteiger partial charge in [-0.3, -0.25) is 4.90 Å². The van der Waals surface area contributed by atoms with E-state index in [2.05, 4.69) is 49.4 Å². The van der Waals surface area contributed by atoms with E-state index in [1.807, 2.05) is 12.1 Å². The van der Waals surface area contributed by atoms with Crippen LogP contribution in [-0.4, -0.2) is 55.2 Å². The van der Waals surface area contributed by atoms with Gasteiger partial charge < -0.3 is 10.2 Å². The van der Waals surface area contributed by atoms with E-state index in [0.29, 0.717) is 17.5 Å². The van der Waals surface area contributed by atoms with Gasteiger partial charge in [0.25, 0.3) is 0 Å². The summed E-state index contributed by atoms with van der Waals surface area (Å²) in [6.07, 6.45) is 6.14. The van der Waals surface area contributed by atoms with Crippen molar-refractivity contribution >= 4 is 27.2 Å². The number of fused-ring (bicyclic) bond motifs is 1. The van der Waals surface area contributed by atoms with Gasteiger partial charge >= 0.3 is 0 Å². The van der Waals surface area contributed by atoms with Crippen molar-refractivity contribution in [3.63, 3.8) is 0 Å². The van der Waals surface area contributed by atoms with Crippen molar-refractivity contribution in [3.05, 3.63) is 72.1 Å². The van der Waals surface area contributed by atoms with Crippen molar-refractivity contribution in [2.45, 2.75) is 36.7 Å². The maximum absolute atomic E-state index is 11.8. The van der Waals surface area contributed by atoms with Crippen LogP contribution in [0.5, 0.6) is 0 Å². The van der Waals surface area contributed by atoms with Crippen LogP contribution in [0.2, 0.25) is 0 Å². The number of benzene rings is 2. The number of rotatable bonds is 5. The number of piperidine rings is 1. The molecule has 172 valence electrons. The molecule has 1 saturated heterocycles. The molecule has 1 fully saturated rings. The minimum absolute atomic E-state index is 0.282.